The quantitative estimate of drug-likeness (QED) is 0.187. The number of hydrogen-bond acceptors (Lipinski definition) is 4. The van der Waals surface area contributed by atoms with Gasteiger partial charge in [0.05, 0.1) is 5.69 Å². The van der Waals surface area contributed by atoms with E-state index in [1.54, 1.807) is 0 Å². The molecule has 4 nitrogen and oxygen atoms in total. The van der Waals surface area contributed by atoms with Gasteiger partial charge in [-0.25, -0.2) is 0 Å². The second-order valence-corrected chi connectivity index (χ2v) is 18.3. The van der Waals surface area contributed by atoms with Crippen LogP contribution in [0.5, 0.6) is 11.5 Å². The van der Waals surface area contributed by atoms with Crippen molar-refractivity contribution in [1.29, 1.82) is 0 Å². The molecule has 53 heavy (non-hydrogen) atoms. The second kappa shape index (κ2) is 11.4. The molecular weight excluding hydrogens is 649 g/mol. The summed E-state index contributed by atoms with van der Waals surface area (Å²) in [6, 6.07) is 34.1. The van der Waals surface area contributed by atoms with Gasteiger partial charge in [0.2, 0.25) is 0 Å². The molecule has 3 heterocycles. The minimum absolute atomic E-state index is 0.0353. The summed E-state index contributed by atoms with van der Waals surface area (Å²) in [7, 11) is 2.15. The molecule has 5 aliphatic rings. The molecule has 1 saturated heterocycles. The van der Waals surface area contributed by atoms with Crippen LogP contribution >= 0.6 is 0 Å². The summed E-state index contributed by atoms with van der Waals surface area (Å²) >= 11 is 0. The van der Waals surface area contributed by atoms with E-state index in [2.05, 4.69) is 155 Å². The summed E-state index contributed by atoms with van der Waals surface area (Å²) in [5.74, 6) is 1.89. The van der Waals surface area contributed by atoms with Crippen LogP contribution in [0.25, 0.3) is 28.0 Å². The lowest BCUT2D eigenvalue weighted by Crippen LogP contribution is -2.44. The summed E-state index contributed by atoms with van der Waals surface area (Å²) < 4.78 is 14.3. The van der Waals surface area contributed by atoms with Gasteiger partial charge in [0, 0.05) is 53.3 Å². The van der Waals surface area contributed by atoms with Gasteiger partial charge in [0.15, 0.2) is 11.8 Å². The summed E-state index contributed by atoms with van der Waals surface area (Å²) in [6.07, 6.45) is 12.0. The van der Waals surface area contributed by atoms with Gasteiger partial charge in [-0.1, -0.05) is 101 Å². The fourth-order valence-corrected chi connectivity index (χ4v) is 11.7. The Labute approximate surface area is 315 Å². The lowest BCUT2D eigenvalue weighted by atomic mass is 9.52. The minimum atomic E-state index is -0.802. The smallest absolute Gasteiger partial charge is 0.178 e. The maximum absolute atomic E-state index is 7.80. The van der Waals surface area contributed by atoms with Crippen molar-refractivity contribution >= 4 is 28.2 Å². The van der Waals surface area contributed by atoms with Crippen LogP contribution in [0, 0.1) is 10.8 Å². The molecule has 0 bridgehead atoms. The Morgan fingerprint density at radius 2 is 1.40 bits per heavy atom. The molecular formula is C49H52N2O2. The average molecular weight is 701 g/mol. The molecule has 2 unspecified atom stereocenters. The molecule has 2 fully saturated rings. The summed E-state index contributed by atoms with van der Waals surface area (Å²) in [5.41, 5.74) is 11.0. The van der Waals surface area contributed by atoms with Crippen LogP contribution in [0.15, 0.2) is 97.1 Å². The Kier molecular flexibility index (Phi) is 7.08. The van der Waals surface area contributed by atoms with Gasteiger partial charge < -0.3 is 19.3 Å². The highest BCUT2D eigenvalue weighted by Gasteiger charge is 2.55. The summed E-state index contributed by atoms with van der Waals surface area (Å²) in [4.78, 5) is 4.80. The van der Waals surface area contributed by atoms with Gasteiger partial charge in [-0.05, 0) is 114 Å². The Bertz CT molecular complexity index is 2280. The van der Waals surface area contributed by atoms with E-state index in [1.807, 2.05) is 0 Å². The van der Waals surface area contributed by atoms with Crippen LogP contribution in [-0.2, 0) is 11.0 Å². The van der Waals surface area contributed by atoms with Crippen LogP contribution < -0.4 is 19.3 Å². The first-order valence-corrected chi connectivity index (χ1v) is 20.0. The van der Waals surface area contributed by atoms with E-state index in [9.17, 15) is 0 Å². The Hall–Kier alpha value is -4.70. The lowest BCUT2D eigenvalue weighted by molar-refractivity contribution is 0.0642. The highest BCUT2D eigenvalue weighted by atomic mass is 16.5. The molecule has 0 aromatic heterocycles. The molecule has 0 N–H and O–H groups in total. The lowest BCUT2D eigenvalue weighted by Gasteiger charge is -2.52. The van der Waals surface area contributed by atoms with Gasteiger partial charge in [-0.3, -0.25) is 0 Å². The summed E-state index contributed by atoms with van der Waals surface area (Å²) in [5, 5.41) is 2.38. The van der Waals surface area contributed by atoms with Crippen molar-refractivity contribution in [2.24, 2.45) is 10.8 Å². The number of rotatable bonds is 3. The second-order valence-electron chi connectivity index (χ2n) is 18.3. The number of hydrogen-bond donors (Lipinski definition) is 0. The number of piperidine rings is 1. The molecule has 0 amide bonds. The zero-order valence-electron chi connectivity index (χ0n) is 32.3. The zero-order chi connectivity index (χ0) is 36.3. The monoisotopic (exact) mass is 700 g/mol. The Morgan fingerprint density at radius 3 is 2.13 bits per heavy atom. The predicted octanol–water partition coefficient (Wildman–Crippen LogP) is 11.9. The van der Waals surface area contributed by atoms with E-state index in [4.69, 9.17) is 9.47 Å². The van der Waals surface area contributed by atoms with Crippen molar-refractivity contribution in [3.05, 3.63) is 125 Å². The van der Waals surface area contributed by atoms with Crippen LogP contribution in [-0.4, -0.2) is 26.4 Å². The number of fused-ring (bicyclic) bond motifs is 11. The first-order valence-electron chi connectivity index (χ1n) is 20.0. The third-order valence-electron chi connectivity index (χ3n) is 13.3. The van der Waals surface area contributed by atoms with Gasteiger partial charge in [-0.15, -0.1) is 0 Å². The van der Waals surface area contributed by atoms with E-state index in [0.29, 0.717) is 0 Å². The number of benzene rings is 5. The van der Waals surface area contributed by atoms with Crippen molar-refractivity contribution in [1.82, 2.24) is 0 Å². The zero-order valence-corrected chi connectivity index (χ0v) is 32.3. The normalized spacial score (nSPS) is 24.3. The molecule has 3 aliphatic heterocycles. The van der Waals surface area contributed by atoms with Gasteiger partial charge in [-0.2, -0.15) is 0 Å². The first kappa shape index (κ1) is 32.9. The molecule has 5 aromatic rings. The molecule has 5 aromatic carbocycles. The van der Waals surface area contributed by atoms with Gasteiger partial charge >= 0.3 is 0 Å². The van der Waals surface area contributed by atoms with Crippen LogP contribution in [0.1, 0.15) is 101 Å². The fraction of sp³-hybridized carbons (Fsp3) is 0.388. The number of ether oxygens (including phenoxy) is 2. The molecule has 1 spiro atoms. The molecule has 1 saturated carbocycles. The SMILES string of the molecule is CC1Oc2cc3c4c(c5c(c3cc2N1C)-c1ccccc1C51CC(C)(C)CC(C)(C)C1)C=CC(c1ccccc1)(c1ccc(N2CCCCC2)cc1)O4. The van der Waals surface area contributed by atoms with Crippen molar-refractivity contribution < 1.29 is 9.47 Å². The van der Waals surface area contributed by atoms with Crippen molar-refractivity contribution in [3.63, 3.8) is 0 Å². The number of nitrogens with zero attached hydrogens (tertiary/aromatic N) is 2. The highest BCUT2D eigenvalue weighted by molar-refractivity contribution is 6.10. The van der Waals surface area contributed by atoms with E-state index >= 15 is 0 Å². The van der Waals surface area contributed by atoms with Crippen molar-refractivity contribution in [2.75, 3.05) is 29.9 Å². The molecule has 0 radical (unpaired) electrons. The molecule has 270 valence electrons. The van der Waals surface area contributed by atoms with Gasteiger partial charge in [0.1, 0.15) is 11.5 Å². The molecule has 10 rings (SSSR count). The van der Waals surface area contributed by atoms with Crippen LogP contribution in [0.3, 0.4) is 0 Å². The summed E-state index contributed by atoms with van der Waals surface area (Å²) in [6.45, 7) is 14.4. The molecule has 2 atom stereocenters. The first-order chi connectivity index (χ1) is 25.5. The van der Waals surface area contributed by atoms with E-state index in [-0.39, 0.29) is 22.5 Å². The van der Waals surface area contributed by atoms with E-state index in [0.717, 1.165) is 59.6 Å². The maximum atomic E-state index is 7.80. The molecule has 2 aliphatic carbocycles. The Balaban J connectivity index is 1.26. The van der Waals surface area contributed by atoms with Gasteiger partial charge in [0.25, 0.3) is 0 Å². The number of anilines is 2. The largest absolute Gasteiger partial charge is 0.472 e. The predicted molar refractivity (Wildman–Crippen MR) is 219 cm³/mol. The van der Waals surface area contributed by atoms with Crippen LogP contribution in [0.4, 0.5) is 11.4 Å². The maximum Gasteiger partial charge on any atom is 0.178 e. The average Bonchev–Trinajstić information content (AvgIpc) is 3.58. The standard InChI is InChI=1S/C49H52N2O2/c1-32-50(6)41-27-38-39(28-42(41)52-32)45-37(44-43(38)36-17-11-12-18-40(36)48(44)30-46(2,3)29-47(4,5)31-48)23-24-49(53-45,33-15-9-7-10-16-33)34-19-21-35(22-20-34)51-25-13-8-14-26-51/h7,9-12,15-24,27-28,32H,8,13-14,25-26,29-31H2,1-6H3. The molecule has 4 heteroatoms. The van der Waals surface area contributed by atoms with E-state index in [1.165, 1.54) is 64.6 Å². The van der Waals surface area contributed by atoms with Crippen molar-refractivity contribution in [2.45, 2.75) is 90.4 Å². The van der Waals surface area contributed by atoms with Crippen LogP contribution in [0.2, 0.25) is 0 Å². The van der Waals surface area contributed by atoms with E-state index < -0.39 is 5.60 Å². The highest BCUT2D eigenvalue weighted by Crippen LogP contribution is 2.67. The fourth-order valence-electron chi connectivity index (χ4n) is 11.7. The third-order valence-corrected chi connectivity index (χ3v) is 13.3. The van der Waals surface area contributed by atoms with Crippen molar-refractivity contribution in [3.8, 4) is 22.6 Å². The third kappa shape index (κ3) is 4.86. The topological polar surface area (TPSA) is 24.9 Å². The Morgan fingerprint density at radius 1 is 0.717 bits per heavy atom. The minimum Gasteiger partial charge on any atom is -0.472 e.